The minimum atomic E-state index is 0.717. The van der Waals surface area contributed by atoms with Crippen LogP contribution in [0.4, 0.5) is 0 Å². The Morgan fingerprint density at radius 2 is 1.11 bits per heavy atom. The van der Waals surface area contributed by atoms with E-state index < -0.39 is 0 Å². The van der Waals surface area contributed by atoms with E-state index in [-0.39, 0.29) is 0 Å². The van der Waals surface area contributed by atoms with Gasteiger partial charge >= 0.3 is 0 Å². The zero-order valence-corrected chi connectivity index (χ0v) is 16.0. The lowest BCUT2D eigenvalue weighted by atomic mass is 10.1. The summed E-state index contributed by atoms with van der Waals surface area (Å²) in [5.41, 5.74) is 0. The van der Waals surface area contributed by atoms with Gasteiger partial charge in [0.05, 0.1) is 0 Å². The van der Waals surface area contributed by atoms with Gasteiger partial charge in [0.25, 0.3) is 0 Å². The largest absolute Gasteiger partial charge is 0.381 e. The highest BCUT2D eigenvalue weighted by Gasteiger charge is 2.01. The molecule has 0 saturated carbocycles. The summed E-state index contributed by atoms with van der Waals surface area (Å²) in [6, 6.07) is 0. The molecule has 0 amide bonds. The minimum absolute atomic E-state index is 0.717. The second kappa shape index (κ2) is 15.3. The van der Waals surface area contributed by atoms with Crippen molar-refractivity contribution in [1.82, 2.24) is 0 Å². The lowest BCUT2D eigenvalue weighted by molar-refractivity contribution is 0.125. The first-order valence-corrected chi connectivity index (χ1v) is 9.89. The Morgan fingerprint density at radius 1 is 0.684 bits per heavy atom. The van der Waals surface area contributed by atoms with Crippen molar-refractivity contribution < 1.29 is 4.74 Å². The molecule has 0 radical (unpaired) electrons. The number of rotatable bonds is 14. The van der Waals surface area contributed by atoms with E-state index in [2.05, 4.69) is 45.7 Å². The molecule has 0 aliphatic heterocycles. The number of halogens is 2. The fourth-order valence-corrected chi connectivity index (χ4v) is 2.65. The predicted molar refractivity (Wildman–Crippen MR) is 93.8 cm³/mol. The van der Waals surface area contributed by atoms with E-state index in [1.165, 1.54) is 64.2 Å². The molecule has 0 aromatic heterocycles. The van der Waals surface area contributed by atoms with Crippen LogP contribution in [0, 0.1) is 0 Å². The third-order valence-electron chi connectivity index (χ3n) is 3.50. The van der Waals surface area contributed by atoms with Crippen LogP contribution in [-0.4, -0.2) is 22.9 Å². The highest BCUT2D eigenvalue weighted by atomic mass is 79.9. The molecule has 116 valence electrons. The van der Waals surface area contributed by atoms with Crippen LogP contribution in [0.5, 0.6) is 0 Å². The van der Waals surface area contributed by atoms with Crippen LogP contribution in [-0.2, 0) is 4.74 Å². The molecule has 0 aromatic carbocycles. The summed E-state index contributed by atoms with van der Waals surface area (Å²) < 4.78 is 5.68. The molecular formula is C16H32Br2O. The molecule has 0 N–H and O–H groups in total. The van der Waals surface area contributed by atoms with E-state index in [9.17, 15) is 0 Å². The normalized spacial score (nSPS) is 14.5. The van der Waals surface area contributed by atoms with E-state index in [1.54, 1.807) is 0 Å². The number of unbranched alkanes of at least 4 members (excludes halogenated alkanes) is 4. The van der Waals surface area contributed by atoms with Crippen molar-refractivity contribution in [2.75, 3.05) is 13.2 Å². The maximum atomic E-state index is 5.68. The van der Waals surface area contributed by atoms with Gasteiger partial charge in [-0.15, -0.1) is 0 Å². The predicted octanol–water partition coefficient (Wildman–Crippen LogP) is 6.47. The summed E-state index contributed by atoms with van der Waals surface area (Å²) in [6.07, 6.45) is 12.8. The number of alkyl halides is 2. The Kier molecular flexibility index (Phi) is 16.1. The highest BCUT2D eigenvalue weighted by molar-refractivity contribution is 9.09. The average Bonchev–Trinajstić information content (AvgIpc) is 2.43. The zero-order valence-electron chi connectivity index (χ0n) is 12.8. The quantitative estimate of drug-likeness (QED) is 0.240. The number of hydrogen-bond acceptors (Lipinski definition) is 1. The molecule has 0 heterocycles. The molecule has 2 unspecified atom stereocenters. The van der Waals surface area contributed by atoms with E-state index in [0.29, 0.717) is 0 Å². The standard InChI is InChI=1S/C16H32Br2O/c1-3-15(17)11-7-5-9-13-19-14-10-6-8-12-16(18)4-2/h15-16H,3-14H2,1-2H3. The van der Waals surface area contributed by atoms with Crippen molar-refractivity contribution in [3.05, 3.63) is 0 Å². The summed E-state index contributed by atoms with van der Waals surface area (Å²) >= 11 is 7.35. The third kappa shape index (κ3) is 15.1. The Morgan fingerprint density at radius 3 is 1.47 bits per heavy atom. The number of ether oxygens (including phenoxy) is 1. The molecule has 3 heteroatoms. The molecule has 2 atom stereocenters. The highest BCUT2D eigenvalue weighted by Crippen LogP contribution is 2.15. The average molecular weight is 400 g/mol. The lowest BCUT2D eigenvalue weighted by Gasteiger charge is -2.08. The second-order valence-electron chi connectivity index (χ2n) is 5.32. The number of hydrogen-bond donors (Lipinski definition) is 0. The summed E-state index contributed by atoms with van der Waals surface area (Å²) in [7, 11) is 0. The molecule has 0 aromatic rings. The van der Waals surface area contributed by atoms with Gasteiger partial charge in [-0.05, 0) is 38.5 Å². The van der Waals surface area contributed by atoms with E-state index in [1.807, 2.05) is 0 Å². The van der Waals surface area contributed by atoms with Crippen LogP contribution >= 0.6 is 31.9 Å². The van der Waals surface area contributed by atoms with Crippen LogP contribution in [0.1, 0.15) is 78.1 Å². The van der Waals surface area contributed by atoms with Crippen molar-refractivity contribution >= 4 is 31.9 Å². The maximum Gasteiger partial charge on any atom is 0.0466 e. The Balaban J connectivity index is 3.03. The first kappa shape index (κ1) is 19.9. The van der Waals surface area contributed by atoms with Gasteiger partial charge in [-0.3, -0.25) is 0 Å². The lowest BCUT2D eigenvalue weighted by Crippen LogP contribution is -2.00. The van der Waals surface area contributed by atoms with Gasteiger partial charge in [-0.1, -0.05) is 71.4 Å². The molecule has 0 rings (SSSR count). The maximum absolute atomic E-state index is 5.68. The monoisotopic (exact) mass is 398 g/mol. The van der Waals surface area contributed by atoms with E-state index in [4.69, 9.17) is 4.74 Å². The molecule has 0 aliphatic carbocycles. The second-order valence-corrected chi connectivity index (χ2v) is 7.91. The van der Waals surface area contributed by atoms with Crippen molar-refractivity contribution in [1.29, 1.82) is 0 Å². The van der Waals surface area contributed by atoms with E-state index in [0.717, 1.165) is 22.9 Å². The fraction of sp³-hybridized carbons (Fsp3) is 1.00. The Labute approximate surface area is 137 Å². The molecule has 0 spiro atoms. The van der Waals surface area contributed by atoms with Gasteiger partial charge in [-0.2, -0.15) is 0 Å². The summed E-state index contributed by atoms with van der Waals surface area (Å²) in [6.45, 7) is 6.38. The molecule has 0 fully saturated rings. The minimum Gasteiger partial charge on any atom is -0.381 e. The van der Waals surface area contributed by atoms with Crippen LogP contribution in [0.3, 0.4) is 0 Å². The SMILES string of the molecule is CCC(Br)CCCCCOCCCCCC(Br)CC. The molecule has 0 bridgehead atoms. The van der Waals surface area contributed by atoms with Gasteiger partial charge < -0.3 is 4.74 Å². The van der Waals surface area contributed by atoms with Gasteiger partial charge in [-0.25, -0.2) is 0 Å². The van der Waals surface area contributed by atoms with Crippen LogP contribution in [0.25, 0.3) is 0 Å². The van der Waals surface area contributed by atoms with Crippen LogP contribution in [0.2, 0.25) is 0 Å². The third-order valence-corrected chi connectivity index (χ3v) is 5.71. The van der Waals surface area contributed by atoms with Gasteiger partial charge in [0.2, 0.25) is 0 Å². The Bertz CT molecular complexity index is 158. The topological polar surface area (TPSA) is 9.23 Å². The summed E-state index contributed by atoms with van der Waals surface area (Å²) in [5.74, 6) is 0. The first-order valence-electron chi connectivity index (χ1n) is 8.06. The smallest absolute Gasteiger partial charge is 0.0466 e. The van der Waals surface area contributed by atoms with E-state index >= 15 is 0 Å². The molecule has 1 nitrogen and oxygen atoms in total. The molecule has 19 heavy (non-hydrogen) atoms. The van der Waals surface area contributed by atoms with Crippen molar-refractivity contribution in [3.63, 3.8) is 0 Å². The van der Waals surface area contributed by atoms with Crippen molar-refractivity contribution in [3.8, 4) is 0 Å². The fourth-order valence-electron chi connectivity index (χ4n) is 2.00. The zero-order chi connectivity index (χ0) is 14.3. The van der Waals surface area contributed by atoms with Gasteiger partial charge in [0.15, 0.2) is 0 Å². The summed E-state index contributed by atoms with van der Waals surface area (Å²) in [4.78, 5) is 1.43. The molecule has 0 aliphatic rings. The molecular weight excluding hydrogens is 368 g/mol. The van der Waals surface area contributed by atoms with Crippen molar-refractivity contribution in [2.24, 2.45) is 0 Å². The van der Waals surface area contributed by atoms with Gasteiger partial charge in [0, 0.05) is 22.9 Å². The molecule has 0 saturated heterocycles. The Hall–Kier alpha value is 0.920. The van der Waals surface area contributed by atoms with Crippen LogP contribution < -0.4 is 0 Å². The van der Waals surface area contributed by atoms with Crippen LogP contribution in [0.15, 0.2) is 0 Å². The summed E-state index contributed by atoms with van der Waals surface area (Å²) in [5, 5.41) is 0. The van der Waals surface area contributed by atoms with Gasteiger partial charge in [0.1, 0.15) is 0 Å². The first-order chi connectivity index (χ1) is 9.20. The van der Waals surface area contributed by atoms with Crippen molar-refractivity contribution in [2.45, 2.75) is 87.7 Å².